The van der Waals surface area contributed by atoms with Crippen LogP contribution >= 0.6 is 0 Å². The van der Waals surface area contributed by atoms with Crippen molar-refractivity contribution >= 4 is 67.7 Å². The molecule has 0 aliphatic rings. The van der Waals surface area contributed by atoms with Gasteiger partial charge in [-0.25, -0.2) is 0 Å². The topological polar surface area (TPSA) is 83.1 Å². The molecule has 348 valence electrons. The van der Waals surface area contributed by atoms with E-state index in [-0.39, 0.29) is 17.4 Å². The van der Waals surface area contributed by atoms with Crippen molar-refractivity contribution in [2.24, 2.45) is 0 Å². The van der Waals surface area contributed by atoms with Gasteiger partial charge in [0.05, 0.1) is 25.5 Å². The Morgan fingerprint density at radius 1 is 0.500 bits per heavy atom. The third-order valence-corrected chi connectivity index (χ3v) is 27.5. The maximum atomic E-state index is 6.71. The van der Waals surface area contributed by atoms with Crippen LogP contribution in [0.25, 0.3) is 0 Å². The monoisotopic (exact) mass is 959 g/mol. The summed E-state index contributed by atoms with van der Waals surface area (Å²) in [7, 11) is -15.1. The van der Waals surface area contributed by atoms with Crippen molar-refractivity contribution in [3.63, 3.8) is 0 Å². The van der Waals surface area contributed by atoms with Crippen molar-refractivity contribution in [1.29, 1.82) is 0 Å². The lowest BCUT2D eigenvalue weighted by Crippen LogP contribution is -2.67. The molecular weight excluding hydrogens is 861 g/mol. The van der Waals surface area contributed by atoms with E-state index in [4.69, 9.17) is 39.5 Å². The van der Waals surface area contributed by atoms with Gasteiger partial charge in [-0.2, -0.15) is 0 Å². The second kappa shape index (κ2) is 28.4. The molecule has 58 heavy (non-hydrogen) atoms. The van der Waals surface area contributed by atoms with Crippen LogP contribution in [0.15, 0.2) is 36.5 Å². The average molecular weight is 960 g/mol. The highest BCUT2D eigenvalue weighted by atomic mass is 28.5. The molecule has 0 rings (SSSR count). The average Bonchev–Trinajstić information content (AvgIpc) is 2.95. The van der Waals surface area contributed by atoms with Gasteiger partial charge in [-0.15, -0.1) is 0 Å². The molecule has 0 aromatic heterocycles. The lowest BCUT2D eigenvalue weighted by atomic mass is 10.4. The molecule has 0 N–H and O–H groups in total. The summed E-state index contributed by atoms with van der Waals surface area (Å²) in [6, 6.07) is 1.09. The van der Waals surface area contributed by atoms with Gasteiger partial charge in [0.15, 0.2) is 41.6 Å². The normalized spacial score (nSPS) is 14.8. The number of hydrogen-bond donors (Lipinski definition) is 0. The maximum Gasteiger partial charge on any atom is 0.500 e. The highest BCUT2D eigenvalue weighted by molar-refractivity contribution is 6.90. The highest BCUT2D eigenvalue weighted by Gasteiger charge is 2.56. The zero-order valence-electron chi connectivity index (χ0n) is 42.8. The second-order valence-electron chi connectivity index (χ2n) is 21.0. The summed E-state index contributed by atoms with van der Waals surface area (Å²) in [6.45, 7) is 66.3. The summed E-state index contributed by atoms with van der Waals surface area (Å²) >= 11 is 0. The van der Waals surface area contributed by atoms with Crippen LogP contribution in [0.2, 0.25) is 117 Å². The van der Waals surface area contributed by atoms with Crippen molar-refractivity contribution in [2.45, 2.75) is 202 Å². The quantitative estimate of drug-likeness (QED) is 0.0432. The Bertz CT molecular complexity index is 1100. The van der Waals surface area contributed by atoms with E-state index in [1.165, 1.54) is 0 Å². The molecule has 0 bridgehead atoms. The summed E-state index contributed by atoms with van der Waals surface area (Å²) in [6.07, 6.45) is 2.96. The van der Waals surface area contributed by atoms with Gasteiger partial charge in [0.2, 0.25) is 17.4 Å². The number of rotatable bonds is 28. The summed E-state index contributed by atoms with van der Waals surface area (Å²) in [4.78, 5) is 0. The Balaban J connectivity index is -0.000000810. The van der Waals surface area contributed by atoms with Gasteiger partial charge in [-0.1, -0.05) is 63.6 Å². The molecule has 0 amide bonds. The van der Waals surface area contributed by atoms with E-state index in [1.807, 2.05) is 27.7 Å². The van der Waals surface area contributed by atoms with E-state index in [0.717, 1.165) is 48.6 Å². The fourth-order valence-corrected chi connectivity index (χ4v) is 29.0. The second-order valence-corrected chi connectivity index (χ2v) is 53.6. The third-order valence-electron chi connectivity index (χ3n) is 7.19. The fourth-order valence-electron chi connectivity index (χ4n) is 5.48. The summed E-state index contributed by atoms with van der Waals surface area (Å²) in [5.41, 5.74) is 3.28. The van der Waals surface area contributed by atoms with Gasteiger partial charge in [-0.3, -0.25) is 0 Å². The largest absolute Gasteiger partial charge is 0.500 e. The summed E-state index contributed by atoms with van der Waals surface area (Å²) < 4.78 is 56.7. The summed E-state index contributed by atoms with van der Waals surface area (Å²) in [5, 5.41) is 0. The summed E-state index contributed by atoms with van der Waals surface area (Å²) in [5.74, 6) is -0.104. The third kappa shape index (κ3) is 35.1. The van der Waals surface area contributed by atoms with E-state index in [2.05, 4.69) is 152 Å². The van der Waals surface area contributed by atoms with E-state index in [9.17, 15) is 0 Å². The first kappa shape index (κ1) is 62.9. The van der Waals surface area contributed by atoms with Crippen molar-refractivity contribution in [2.75, 3.05) is 26.4 Å². The Kier molecular flexibility index (Phi) is 30.8. The molecule has 0 radical (unpaired) electrons. The number of hydrogen-bond acceptors (Lipinski definition) is 9. The molecule has 0 aromatic rings. The van der Waals surface area contributed by atoms with Gasteiger partial charge >= 0.3 is 8.80 Å². The van der Waals surface area contributed by atoms with Crippen LogP contribution in [0.5, 0.6) is 0 Å². The Hall–Kier alpha value is 0.595. The van der Waals surface area contributed by atoms with Crippen molar-refractivity contribution < 1.29 is 39.5 Å². The maximum absolute atomic E-state index is 6.71. The van der Waals surface area contributed by atoms with Gasteiger partial charge in [-0.05, 0) is 158 Å². The molecule has 0 saturated heterocycles. The Morgan fingerprint density at radius 2 is 0.845 bits per heavy atom. The minimum atomic E-state index is -2.98. The van der Waals surface area contributed by atoms with Crippen LogP contribution < -0.4 is 0 Å². The first-order valence-electron chi connectivity index (χ1n) is 21.8. The van der Waals surface area contributed by atoms with E-state index < -0.39 is 67.7 Å². The van der Waals surface area contributed by atoms with E-state index in [0.29, 0.717) is 19.8 Å². The van der Waals surface area contributed by atoms with Crippen LogP contribution in [0, 0.1) is 0 Å². The molecule has 3 unspecified atom stereocenters. The highest BCUT2D eigenvalue weighted by Crippen LogP contribution is 2.31. The lowest BCUT2D eigenvalue weighted by molar-refractivity contribution is 0.0406. The molecule has 9 nitrogen and oxygen atoms in total. The van der Waals surface area contributed by atoms with E-state index in [1.54, 1.807) is 0 Å². The number of ether oxygens (including phenoxy) is 2. The predicted molar refractivity (Wildman–Crippen MR) is 274 cm³/mol. The first-order valence-corrected chi connectivity index (χ1v) is 45.5. The van der Waals surface area contributed by atoms with Crippen LogP contribution in [0.1, 0.15) is 67.7 Å². The fraction of sp³-hybridized carbons (Fsp3) is 0.854. The predicted octanol–water partition coefficient (Wildman–Crippen LogP) is 12.8. The smallest absolute Gasteiger partial charge is 0.415 e. The van der Waals surface area contributed by atoms with Gasteiger partial charge in [0, 0.05) is 6.61 Å². The zero-order valence-corrected chi connectivity index (χ0v) is 50.9. The molecule has 0 spiro atoms. The van der Waals surface area contributed by atoms with E-state index >= 15 is 0 Å². The molecular formula is C41H98O9Si8. The van der Waals surface area contributed by atoms with Gasteiger partial charge in [0.25, 0.3) is 0 Å². The SMILES string of the molecule is C=C(C)COC(CC)[Si](C)(C)OCC.C=C(C)COC(CC)[Si](O[Si](C)(C)C)(O[Si](C)(C)C)O[Si](C)(C)C.C=C(C)CO[SiH](CCC)C(O[Si](C)(C)C)O[Si](C)(C)C. The van der Waals surface area contributed by atoms with Crippen molar-refractivity contribution in [3.05, 3.63) is 36.5 Å². The van der Waals surface area contributed by atoms with Gasteiger partial charge < -0.3 is 39.5 Å². The van der Waals surface area contributed by atoms with Gasteiger partial charge in [0.1, 0.15) is 11.6 Å². The zero-order chi connectivity index (χ0) is 46.6. The molecule has 0 aliphatic heterocycles. The molecule has 0 aromatic carbocycles. The van der Waals surface area contributed by atoms with Crippen molar-refractivity contribution in [1.82, 2.24) is 0 Å². The minimum absolute atomic E-state index is 0.104. The molecule has 0 saturated carbocycles. The molecule has 0 fully saturated rings. The van der Waals surface area contributed by atoms with Crippen LogP contribution in [0.4, 0.5) is 0 Å². The molecule has 17 heteroatoms. The standard InChI is InChI=1S/C16H40O4Si4.C14H34O3Si3.C11H24O2Si/c1-13-16(17-14-15(2)3)24(18-21(4,5)6,19-22(7,8)9)20-23(10,11)12;1-10-11-18(15-12-13(2)3)14(16-19(4,5)6)17-20(7,8)9;1-7-11(12-9-10(3)4)14(5,6)13-8-2/h16H,2,13-14H2,1,3-12H3;14,18H,2,10-12H2,1,3-9H3;11H,3,7-9H2,1-2,4-6H3. The first-order chi connectivity index (χ1) is 25.9. The van der Waals surface area contributed by atoms with Crippen LogP contribution in [-0.4, -0.2) is 112 Å². The van der Waals surface area contributed by atoms with Crippen LogP contribution in [0.3, 0.4) is 0 Å². The van der Waals surface area contributed by atoms with Crippen molar-refractivity contribution in [3.8, 4) is 0 Å². The Labute approximate surface area is 370 Å². The molecule has 3 atom stereocenters. The van der Waals surface area contributed by atoms with Crippen LogP contribution in [-0.2, 0) is 39.5 Å². The molecule has 0 aliphatic carbocycles. The molecule has 0 heterocycles. The lowest BCUT2D eigenvalue weighted by Gasteiger charge is -2.46. The minimum Gasteiger partial charge on any atom is -0.415 e. The Morgan fingerprint density at radius 3 is 1.10 bits per heavy atom.